The van der Waals surface area contributed by atoms with E-state index in [0.29, 0.717) is 19.4 Å². The highest BCUT2D eigenvalue weighted by atomic mass is 16.6. The molecule has 268 valence electrons. The van der Waals surface area contributed by atoms with E-state index in [2.05, 4.69) is 22.5 Å². The van der Waals surface area contributed by atoms with E-state index >= 15 is 0 Å². The Bertz CT molecular complexity index is 1460. The van der Waals surface area contributed by atoms with Gasteiger partial charge in [0.25, 0.3) is 5.91 Å². The second kappa shape index (κ2) is 14.3. The van der Waals surface area contributed by atoms with Crippen LogP contribution in [0.3, 0.4) is 0 Å². The van der Waals surface area contributed by atoms with Crippen molar-refractivity contribution in [2.75, 3.05) is 13.1 Å². The lowest BCUT2D eigenvalue weighted by Crippen LogP contribution is -2.59. The Hall–Kier alpha value is -4.22. The maximum absolute atomic E-state index is 14.5. The molecule has 0 spiro atoms. The van der Waals surface area contributed by atoms with E-state index in [1.807, 2.05) is 38.1 Å². The Morgan fingerprint density at radius 3 is 2.10 bits per heavy atom. The average Bonchev–Trinajstić information content (AvgIpc) is 3.33. The largest absolute Gasteiger partial charge is 0.460 e. The third-order valence-electron chi connectivity index (χ3n) is 9.55. The molecule has 12 nitrogen and oxygen atoms in total. The van der Waals surface area contributed by atoms with Crippen molar-refractivity contribution in [2.24, 2.45) is 23.2 Å². The molecule has 2 fully saturated rings. The smallest absolute Gasteiger partial charge is 0.408 e. The maximum atomic E-state index is 14.5. The molecule has 1 aromatic rings. The summed E-state index contributed by atoms with van der Waals surface area (Å²) >= 11 is 0. The fraction of sp³-hybridized carbons (Fsp3) is 0.622. The van der Waals surface area contributed by atoms with Crippen molar-refractivity contribution in [3.05, 3.63) is 48.0 Å². The molecule has 12 heteroatoms. The van der Waals surface area contributed by atoms with Gasteiger partial charge < -0.3 is 30.3 Å². The van der Waals surface area contributed by atoms with Crippen molar-refractivity contribution in [3.63, 3.8) is 0 Å². The van der Waals surface area contributed by atoms with Crippen LogP contribution in [-0.4, -0.2) is 82.9 Å². The summed E-state index contributed by atoms with van der Waals surface area (Å²) in [7, 11) is 0. The summed E-state index contributed by atoms with van der Waals surface area (Å²) in [6.07, 6.45) is 1.70. The monoisotopic (exact) mass is 680 g/mol. The van der Waals surface area contributed by atoms with E-state index in [-0.39, 0.29) is 42.6 Å². The minimum absolute atomic E-state index is 0.0224. The van der Waals surface area contributed by atoms with Gasteiger partial charge in [-0.2, -0.15) is 0 Å². The molecule has 3 N–H and O–H groups in total. The van der Waals surface area contributed by atoms with Crippen molar-refractivity contribution < 1.29 is 38.2 Å². The minimum Gasteiger partial charge on any atom is -0.460 e. The number of likely N-dealkylation sites (tertiary alicyclic amines) is 1. The van der Waals surface area contributed by atoms with Gasteiger partial charge in [-0.1, -0.05) is 44.2 Å². The molecule has 4 amide bonds. The Labute approximate surface area is 289 Å². The summed E-state index contributed by atoms with van der Waals surface area (Å²) in [6.45, 7) is 18.4. The van der Waals surface area contributed by atoms with Gasteiger partial charge in [0.2, 0.25) is 17.6 Å². The number of nitrogens with zero attached hydrogens (tertiary/aromatic N) is 1. The first-order chi connectivity index (χ1) is 22.7. The van der Waals surface area contributed by atoms with E-state index < -0.39 is 64.9 Å². The van der Waals surface area contributed by atoms with Gasteiger partial charge in [0.1, 0.15) is 29.3 Å². The molecule has 0 aromatic heterocycles. The number of carbonyl (C=O) groups is 6. The lowest BCUT2D eigenvalue weighted by atomic mass is 9.93. The number of hydrogen-bond acceptors (Lipinski definition) is 8. The first kappa shape index (κ1) is 37.6. The number of fused-ring (bicyclic) bond motifs is 2. The van der Waals surface area contributed by atoms with Crippen LogP contribution >= 0.6 is 0 Å². The summed E-state index contributed by atoms with van der Waals surface area (Å²) < 4.78 is 10.8. The van der Waals surface area contributed by atoms with Crippen molar-refractivity contribution in [1.82, 2.24) is 20.9 Å². The van der Waals surface area contributed by atoms with E-state index in [0.717, 1.165) is 11.1 Å². The molecule has 0 radical (unpaired) electrons. The van der Waals surface area contributed by atoms with Gasteiger partial charge in [-0.3, -0.25) is 24.0 Å². The standard InChI is InChI=1S/C37H52N4O8/c1-10-13-25(30(43)32(45)38-17-16-26(42)48-35(2,3)4)39-31(44)29-27-24(37(27,8)9)20-41(29)33(46)28(40-34(47)49-36(5,6)7)23-18-21-14-11-12-15-22(21)19-23/h10-12,14-15,23-25,27-29H,1,13,16-20H2,2-9H3,(H,38,45)(H,39,44)(H,40,47)/t24?,25?,27?,28-,29-/m0/s1. The number of nitrogens with one attached hydrogen (secondary N) is 3. The minimum atomic E-state index is -1.23. The first-order valence-corrected chi connectivity index (χ1v) is 17.1. The van der Waals surface area contributed by atoms with Crippen LogP contribution < -0.4 is 16.0 Å². The molecule has 2 aliphatic carbocycles. The van der Waals surface area contributed by atoms with Crippen molar-refractivity contribution in [3.8, 4) is 0 Å². The summed E-state index contributed by atoms with van der Waals surface area (Å²) in [5, 5.41) is 7.99. The number of ketones is 1. The molecule has 1 aromatic carbocycles. The fourth-order valence-corrected chi connectivity index (χ4v) is 7.21. The Morgan fingerprint density at radius 1 is 0.959 bits per heavy atom. The van der Waals surface area contributed by atoms with Gasteiger partial charge in [-0.05, 0) is 95.1 Å². The van der Waals surface area contributed by atoms with Crippen molar-refractivity contribution >= 4 is 35.6 Å². The van der Waals surface area contributed by atoms with Crippen LogP contribution in [0.2, 0.25) is 0 Å². The topological polar surface area (TPSA) is 160 Å². The highest BCUT2D eigenvalue weighted by molar-refractivity contribution is 6.38. The summed E-state index contributed by atoms with van der Waals surface area (Å²) in [5.41, 5.74) is 0.506. The van der Waals surface area contributed by atoms with Gasteiger partial charge in [-0.25, -0.2) is 4.79 Å². The number of alkyl carbamates (subject to hydrolysis) is 1. The number of esters is 1. The molecule has 49 heavy (non-hydrogen) atoms. The lowest BCUT2D eigenvalue weighted by molar-refractivity contribution is -0.154. The third-order valence-corrected chi connectivity index (χ3v) is 9.55. The Balaban J connectivity index is 1.51. The lowest BCUT2D eigenvalue weighted by Gasteiger charge is -2.35. The zero-order chi connectivity index (χ0) is 36.5. The van der Waals surface area contributed by atoms with E-state index in [9.17, 15) is 28.8 Å². The van der Waals surface area contributed by atoms with Crippen LogP contribution in [0.4, 0.5) is 4.79 Å². The molecular formula is C37H52N4O8. The van der Waals surface area contributed by atoms with E-state index in [4.69, 9.17) is 9.47 Å². The van der Waals surface area contributed by atoms with Crippen molar-refractivity contribution in [2.45, 2.75) is 110 Å². The quantitative estimate of drug-likeness (QED) is 0.172. The number of Topliss-reactive ketones (excluding diaryl/α,β-unsaturated/α-hetero) is 1. The fourth-order valence-electron chi connectivity index (χ4n) is 7.21. The average molecular weight is 681 g/mol. The van der Waals surface area contributed by atoms with E-state index in [1.165, 1.54) is 11.0 Å². The molecule has 1 saturated heterocycles. The normalized spacial score (nSPS) is 22.1. The van der Waals surface area contributed by atoms with Crippen LogP contribution in [0, 0.1) is 23.2 Å². The maximum Gasteiger partial charge on any atom is 0.408 e. The summed E-state index contributed by atoms with van der Waals surface area (Å²) in [5.74, 6) is -3.72. The number of hydrogen-bond donors (Lipinski definition) is 3. The highest BCUT2D eigenvalue weighted by Gasteiger charge is 2.69. The second-order valence-electron chi connectivity index (χ2n) is 16.0. The van der Waals surface area contributed by atoms with Gasteiger partial charge in [0, 0.05) is 13.1 Å². The zero-order valence-corrected chi connectivity index (χ0v) is 30.0. The molecule has 0 bridgehead atoms. The van der Waals surface area contributed by atoms with Gasteiger partial charge in [0.15, 0.2) is 0 Å². The number of ether oxygens (including phenoxy) is 2. The van der Waals surface area contributed by atoms with Crippen LogP contribution in [0.25, 0.3) is 0 Å². The molecule has 1 heterocycles. The number of rotatable bonds is 12. The summed E-state index contributed by atoms with van der Waals surface area (Å²) in [6, 6.07) is 4.80. The number of benzene rings is 1. The molecule has 5 atom stereocenters. The molecule has 4 rings (SSSR count). The predicted molar refractivity (Wildman–Crippen MR) is 182 cm³/mol. The number of amides is 4. The molecular weight excluding hydrogens is 628 g/mol. The third kappa shape index (κ3) is 9.07. The Morgan fingerprint density at radius 2 is 1.55 bits per heavy atom. The van der Waals surface area contributed by atoms with Gasteiger partial charge >= 0.3 is 12.1 Å². The predicted octanol–water partition coefficient (Wildman–Crippen LogP) is 3.26. The van der Waals surface area contributed by atoms with Gasteiger partial charge in [0.05, 0.1) is 6.42 Å². The Kier molecular flexibility index (Phi) is 11.0. The molecule has 3 aliphatic rings. The first-order valence-electron chi connectivity index (χ1n) is 17.1. The molecule has 1 saturated carbocycles. The van der Waals surface area contributed by atoms with Crippen LogP contribution in [-0.2, 0) is 46.3 Å². The van der Waals surface area contributed by atoms with Crippen molar-refractivity contribution in [1.29, 1.82) is 0 Å². The zero-order valence-electron chi connectivity index (χ0n) is 30.0. The molecule has 1 aliphatic heterocycles. The van der Waals surface area contributed by atoms with E-state index in [1.54, 1.807) is 41.5 Å². The summed E-state index contributed by atoms with van der Waals surface area (Å²) in [4.78, 5) is 81.2. The molecule has 3 unspecified atom stereocenters. The van der Waals surface area contributed by atoms with Crippen LogP contribution in [0.15, 0.2) is 36.9 Å². The van der Waals surface area contributed by atoms with Crippen LogP contribution in [0.5, 0.6) is 0 Å². The van der Waals surface area contributed by atoms with Crippen LogP contribution in [0.1, 0.15) is 79.4 Å². The highest BCUT2D eigenvalue weighted by Crippen LogP contribution is 2.65. The SMILES string of the molecule is C=CCC(NC(=O)[C@@H]1C2C(CN1C(=O)[C@@H](NC(=O)OC(C)(C)C)C1Cc3ccccc3C1)C2(C)C)C(=O)C(=O)NCCC(=O)OC(C)(C)C. The second-order valence-corrected chi connectivity index (χ2v) is 16.0. The number of carbonyl (C=O) groups excluding carboxylic acids is 6. The van der Waals surface area contributed by atoms with Gasteiger partial charge in [-0.15, -0.1) is 6.58 Å². The number of piperidine rings is 1.